The van der Waals surface area contributed by atoms with Crippen molar-refractivity contribution in [1.29, 1.82) is 0 Å². The van der Waals surface area contributed by atoms with Gasteiger partial charge in [-0.05, 0) is 26.8 Å². The van der Waals surface area contributed by atoms with Crippen molar-refractivity contribution in [3.8, 4) is 5.75 Å². The maximum absolute atomic E-state index is 5.46. The van der Waals surface area contributed by atoms with Crippen LogP contribution in [-0.4, -0.2) is 24.8 Å². The van der Waals surface area contributed by atoms with Gasteiger partial charge in [-0.15, -0.1) is 0 Å². The number of aromatic nitrogens is 1. The van der Waals surface area contributed by atoms with Crippen molar-refractivity contribution in [2.24, 2.45) is 4.99 Å². The monoisotopic (exact) mass is 316 g/mol. The third kappa shape index (κ3) is 4.74. The van der Waals surface area contributed by atoms with Crippen LogP contribution in [0.3, 0.4) is 0 Å². The summed E-state index contributed by atoms with van der Waals surface area (Å²) in [5.41, 5.74) is 3.08. The molecule has 1 heterocycles. The smallest absolute Gasteiger partial charge is 0.192 e. The zero-order valence-corrected chi connectivity index (χ0v) is 14.1. The molecule has 0 radical (unpaired) electrons. The number of aryl methyl sites for hydroxylation is 1. The maximum Gasteiger partial charge on any atom is 0.192 e. The minimum atomic E-state index is 0.0555. The van der Waals surface area contributed by atoms with E-state index in [1.807, 2.05) is 19.1 Å². The van der Waals surface area contributed by atoms with E-state index in [1.165, 1.54) is 5.56 Å². The van der Waals surface area contributed by atoms with Crippen LogP contribution in [0.5, 0.6) is 5.75 Å². The Balaban J connectivity index is 2.12. The Labute approximate surface area is 136 Å². The number of aliphatic imine (C=N–C) groups is 1. The molecule has 0 bridgehead atoms. The summed E-state index contributed by atoms with van der Waals surface area (Å²) < 4.78 is 10.3. The number of hydrogen-bond donors (Lipinski definition) is 2. The van der Waals surface area contributed by atoms with Gasteiger partial charge in [-0.1, -0.05) is 22.9 Å². The fraction of sp³-hybridized carbons (Fsp3) is 0.412. The Hall–Kier alpha value is -2.50. The van der Waals surface area contributed by atoms with Gasteiger partial charge in [0.15, 0.2) is 5.96 Å². The third-order valence-electron chi connectivity index (χ3n) is 3.44. The van der Waals surface area contributed by atoms with Gasteiger partial charge in [0.05, 0.1) is 19.7 Å². The Morgan fingerprint density at radius 2 is 2.22 bits per heavy atom. The fourth-order valence-electron chi connectivity index (χ4n) is 2.27. The number of ether oxygens (including phenoxy) is 1. The molecule has 0 saturated carbocycles. The van der Waals surface area contributed by atoms with Crippen LogP contribution in [0.4, 0.5) is 0 Å². The predicted octanol–water partition coefficient (Wildman–Crippen LogP) is 2.81. The molecule has 1 aromatic heterocycles. The Bertz CT molecular complexity index is 638. The van der Waals surface area contributed by atoms with Gasteiger partial charge in [-0.2, -0.15) is 0 Å². The van der Waals surface area contributed by atoms with Crippen LogP contribution >= 0.6 is 0 Å². The summed E-state index contributed by atoms with van der Waals surface area (Å²) in [6.45, 7) is 7.43. The summed E-state index contributed by atoms with van der Waals surface area (Å²) in [5.74, 6) is 1.59. The van der Waals surface area contributed by atoms with Crippen LogP contribution in [0.1, 0.15) is 36.7 Å². The lowest BCUT2D eigenvalue weighted by molar-refractivity contribution is 0.405. The first-order valence-electron chi connectivity index (χ1n) is 7.72. The molecule has 2 aromatic rings. The number of benzene rings is 1. The van der Waals surface area contributed by atoms with E-state index in [0.717, 1.165) is 29.5 Å². The molecule has 0 saturated heterocycles. The van der Waals surface area contributed by atoms with Crippen LogP contribution in [0.15, 0.2) is 40.0 Å². The van der Waals surface area contributed by atoms with Crippen molar-refractivity contribution in [2.45, 2.75) is 33.4 Å². The van der Waals surface area contributed by atoms with Gasteiger partial charge in [-0.3, -0.25) is 0 Å². The summed E-state index contributed by atoms with van der Waals surface area (Å²) in [6, 6.07) is 8.01. The number of rotatable bonds is 6. The molecular formula is C17H24N4O2. The first-order valence-corrected chi connectivity index (χ1v) is 7.72. The van der Waals surface area contributed by atoms with Crippen molar-refractivity contribution in [3.63, 3.8) is 0 Å². The van der Waals surface area contributed by atoms with Gasteiger partial charge >= 0.3 is 0 Å². The van der Waals surface area contributed by atoms with E-state index in [9.17, 15) is 0 Å². The lowest BCUT2D eigenvalue weighted by atomic mass is 10.0. The van der Waals surface area contributed by atoms with E-state index in [-0.39, 0.29) is 6.04 Å². The molecule has 2 N–H and O–H groups in total. The highest BCUT2D eigenvalue weighted by atomic mass is 16.5. The predicted molar refractivity (Wildman–Crippen MR) is 90.6 cm³/mol. The molecule has 0 aliphatic carbocycles. The lowest BCUT2D eigenvalue weighted by Crippen LogP contribution is -2.38. The quantitative estimate of drug-likeness (QED) is 0.633. The standard InChI is InChI=1S/C17H24N4O2/c1-5-18-17(19-11-14-8-9-23-21-14)20-13(3)15-10-12(2)6-7-16(15)22-4/h6-10,13H,5,11H2,1-4H3,(H2,18,19,20). The molecule has 0 spiro atoms. The van der Waals surface area contributed by atoms with E-state index in [0.29, 0.717) is 6.54 Å². The molecule has 0 aliphatic rings. The average Bonchev–Trinajstić information content (AvgIpc) is 3.06. The Morgan fingerprint density at radius 3 is 2.87 bits per heavy atom. The van der Waals surface area contributed by atoms with Gasteiger partial charge in [-0.25, -0.2) is 4.99 Å². The van der Waals surface area contributed by atoms with Crippen molar-refractivity contribution in [1.82, 2.24) is 15.8 Å². The Kier molecular flexibility index (Phi) is 6.02. The zero-order chi connectivity index (χ0) is 16.7. The molecule has 0 aliphatic heterocycles. The minimum absolute atomic E-state index is 0.0555. The fourth-order valence-corrected chi connectivity index (χ4v) is 2.27. The molecule has 6 heteroatoms. The summed E-state index contributed by atoms with van der Waals surface area (Å²) in [5, 5.41) is 10.5. The number of methoxy groups -OCH3 is 1. The van der Waals surface area contributed by atoms with Crippen molar-refractivity contribution in [3.05, 3.63) is 47.3 Å². The lowest BCUT2D eigenvalue weighted by Gasteiger charge is -2.20. The highest BCUT2D eigenvalue weighted by Gasteiger charge is 2.13. The van der Waals surface area contributed by atoms with Crippen molar-refractivity contribution in [2.75, 3.05) is 13.7 Å². The molecule has 1 atom stereocenters. The molecule has 6 nitrogen and oxygen atoms in total. The summed E-state index contributed by atoms with van der Waals surface area (Å²) in [7, 11) is 1.69. The van der Waals surface area contributed by atoms with Gasteiger partial charge in [0, 0.05) is 18.2 Å². The van der Waals surface area contributed by atoms with Gasteiger partial charge in [0.1, 0.15) is 17.7 Å². The number of guanidine groups is 1. The van der Waals surface area contributed by atoms with Crippen LogP contribution in [0.2, 0.25) is 0 Å². The largest absolute Gasteiger partial charge is 0.496 e. The van der Waals surface area contributed by atoms with E-state index < -0.39 is 0 Å². The van der Waals surface area contributed by atoms with Gasteiger partial charge in [0.25, 0.3) is 0 Å². The second kappa shape index (κ2) is 8.22. The van der Waals surface area contributed by atoms with Gasteiger partial charge in [0.2, 0.25) is 0 Å². The highest BCUT2D eigenvalue weighted by Crippen LogP contribution is 2.25. The normalized spacial score (nSPS) is 12.8. The molecule has 2 rings (SSSR count). The zero-order valence-electron chi connectivity index (χ0n) is 14.1. The van der Waals surface area contributed by atoms with Gasteiger partial charge < -0.3 is 19.9 Å². The van der Waals surface area contributed by atoms with E-state index in [2.05, 4.69) is 40.7 Å². The highest BCUT2D eigenvalue weighted by molar-refractivity contribution is 5.80. The summed E-state index contributed by atoms with van der Waals surface area (Å²) >= 11 is 0. The van der Waals surface area contributed by atoms with E-state index >= 15 is 0 Å². The summed E-state index contributed by atoms with van der Waals surface area (Å²) in [6.07, 6.45) is 1.55. The first kappa shape index (κ1) is 16.9. The summed E-state index contributed by atoms with van der Waals surface area (Å²) in [4.78, 5) is 4.53. The molecule has 0 amide bonds. The maximum atomic E-state index is 5.46. The molecule has 0 fully saturated rings. The topological polar surface area (TPSA) is 71.7 Å². The molecule has 1 aromatic carbocycles. The number of nitrogens with one attached hydrogen (secondary N) is 2. The molecule has 124 valence electrons. The molecule has 23 heavy (non-hydrogen) atoms. The first-order chi connectivity index (χ1) is 11.1. The van der Waals surface area contributed by atoms with Crippen LogP contribution < -0.4 is 15.4 Å². The number of hydrogen-bond acceptors (Lipinski definition) is 4. The van der Waals surface area contributed by atoms with Crippen LogP contribution in [0.25, 0.3) is 0 Å². The molecular weight excluding hydrogens is 292 g/mol. The molecule has 1 unspecified atom stereocenters. The SMILES string of the molecule is CCNC(=NCc1ccon1)NC(C)c1cc(C)ccc1OC. The number of nitrogens with zero attached hydrogens (tertiary/aromatic N) is 2. The van der Waals surface area contributed by atoms with E-state index in [1.54, 1.807) is 19.4 Å². The van der Waals surface area contributed by atoms with Crippen molar-refractivity contribution < 1.29 is 9.26 Å². The second-order valence-electron chi connectivity index (χ2n) is 5.30. The van der Waals surface area contributed by atoms with Crippen LogP contribution in [-0.2, 0) is 6.54 Å². The second-order valence-corrected chi connectivity index (χ2v) is 5.30. The van der Waals surface area contributed by atoms with E-state index in [4.69, 9.17) is 9.26 Å². The van der Waals surface area contributed by atoms with Crippen LogP contribution in [0, 0.1) is 6.92 Å². The average molecular weight is 316 g/mol. The third-order valence-corrected chi connectivity index (χ3v) is 3.44. The van der Waals surface area contributed by atoms with Crippen molar-refractivity contribution >= 4 is 5.96 Å². The Morgan fingerprint density at radius 1 is 1.39 bits per heavy atom. The minimum Gasteiger partial charge on any atom is -0.496 e.